The van der Waals surface area contributed by atoms with E-state index in [2.05, 4.69) is 0 Å². The first-order chi connectivity index (χ1) is 11.4. The maximum atomic E-state index is 12.7. The Morgan fingerprint density at radius 1 is 1.24 bits per heavy atom. The smallest absolute Gasteiger partial charge is 0.392 e. The Hall–Kier alpha value is -1.04. The van der Waals surface area contributed by atoms with E-state index in [9.17, 15) is 30.0 Å². The van der Waals surface area contributed by atoms with Gasteiger partial charge >= 0.3 is 6.18 Å². The zero-order valence-corrected chi connectivity index (χ0v) is 15.3. The van der Waals surface area contributed by atoms with E-state index in [-0.39, 0.29) is 23.6 Å². The van der Waals surface area contributed by atoms with Crippen LogP contribution >= 0.6 is 11.6 Å². The number of ether oxygens (including phenoxy) is 1. The molecule has 1 saturated carbocycles. The zero-order valence-electron chi connectivity index (χ0n) is 12.9. The van der Waals surface area contributed by atoms with Gasteiger partial charge in [0.05, 0.1) is 18.8 Å². The summed E-state index contributed by atoms with van der Waals surface area (Å²) in [5.74, 6) is -4.00. The first-order valence-electron chi connectivity index (χ1n) is 7.02. The number of rotatable bonds is 6. The lowest BCUT2D eigenvalue weighted by Crippen LogP contribution is -2.44. The molecule has 0 amide bonds. The van der Waals surface area contributed by atoms with Crippen LogP contribution in [0.25, 0.3) is 0 Å². The molecule has 2 rings (SSSR count). The number of nitrogens with one attached hydrogen (secondary N) is 1. The van der Waals surface area contributed by atoms with E-state index in [4.69, 9.17) is 16.3 Å². The van der Waals surface area contributed by atoms with Crippen LogP contribution in [0.1, 0.15) is 12.8 Å². The molecule has 0 unspecified atom stereocenters. The van der Waals surface area contributed by atoms with Crippen molar-refractivity contribution in [3.05, 3.63) is 23.2 Å². The molecule has 2 atom stereocenters. The Morgan fingerprint density at radius 3 is 2.36 bits per heavy atom. The molecule has 1 aliphatic carbocycles. The first-order valence-corrected chi connectivity index (χ1v) is 10.5. The highest BCUT2D eigenvalue weighted by Gasteiger charge is 2.51. The molecule has 6 nitrogen and oxygen atoms in total. The van der Waals surface area contributed by atoms with Gasteiger partial charge < -0.3 is 4.74 Å². The summed E-state index contributed by atoms with van der Waals surface area (Å²) in [5.41, 5.74) is 0. The minimum Gasteiger partial charge on any atom is -0.495 e. The van der Waals surface area contributed by atoms with Crippen molar-refractivity contribution in [1.29, 1.82) is 0 Å². The van der Waals surface area contributed by atoms with E-state index in [0.29, 0.717) is 0 Å². The molecule has 0 heterocycles. The molecule has 1 fully saturated rings. The minimum atomic E-state index is -4.59. The molecule has 0 aliphatic heterocycles. The van der Waals surface area contributed by atoms with E-state index in [1.54, 1.807) is 0 Å². The summed E-state index contributed by atoms with van der Waals surface area (Å²) in [6.07, 6.45) is -4.61. The Kier molecular flexibility index (Phi) is 5.62. The molecule has 0 bridgehead atoms. The van der Waals surface area contributed by atoms with Crippen molar-refractivity contribution in [2.24, 2.45) is 11.8 Å². The highest BCUT2D eigenvalue weighted by molar-refractivity contribution is 8.04. The van der Waals surface area contributed by atoms with Crippen LogP contribution in [0.5, 0.6) is 5.75 Å². The lowest BCUT2D eigenvalue weighted by Gasteiger charge is -2.37. The third-order valence-corrected chi connectivity index (χ3v) is 7.82. The normalized spacial score (nSPS) is 21.6. The van der Waals surface area contributed by atoms with Crippen LogP contribution in [0.3, 0.4) is 0 Å². The van der Waals surface area contributed by atoms with E-state index >= 15 is 0 Å². The van der Waals surface area contributed by atoms with Gasteiger partial charge in [0.1, 0.15) is 10.6 Å². The third kappa shape index (κ3) is 4.78. The largest absolute Gasteiger partial charge is 0.495 e. The fourth-order valence-electron chi connectivity index (χ4n) is 2.59. The van der Waals surface area contributed by atoms with Gasteiger partial charge in [-0.25, -0.2) is 16.8 Å². The van der Waals surface area contributed by atoms with E-state index in [1.807, 2.05) is 0 Å². The molecule has 1 aromatic rings. The lowest BCUT2D eigenvalue weighted by atomic mass is 9.74. The second-order valence-electron chi connectivity index (χ2n) is 5.65. The Labute approximate surface area is 148 Å². The molecule has 25 heavy (non-hydrogen) atoms. The molecule has 0 radical (unpaired) electrons. The summed E-state index contributed by atoms with van der Waals surface area (Å²) in [6, 6.07) is 3.56. The van der Waals surface area contributed by atoms with Crippen molar-refractivity contribution in [1.82, 2.24) is 4.13 Å². The standard InChI is InChI=1S/C13H15ClF3NO5S2/c1-23-11-5-3-9(14)6-12(11)25(21,22)18-24(19,20)7-8-2-4-10(8)13(15,16)17/h3,5-6,8,10,18H,2,4,7H2,1H3/t8-,10+/m0/s1. The summed E-state index contributed by atoms with van der Waals surface area (Å²) in [4.78, 5) is -0.521. The van der Waals surface area contributed by atoms with Crippen LogP contribution in [0.2, 0.25) is 5.02 Å². The summed E-state index contributed by atoms with van der Waals surface area (Å²) < 4.78 is 93.1. The minimum absolute atomic E-state index is 0.0229. The first kappa shape index (κ1) is 20.3. The van der Waals surface area contributed by atoms with Crippen molar-refractivity contribution >= 4 is 31.6 Å². The Morgan fingerprint density at radius 2 is 1.88 bits per heavy atom. The molecule has 1 aromatic carbocycles. The van der Waals surface area contributed by atoms with E-state index in [1.165, 1.54) is 23.4 Å². The third-order valence-electron chi connectivity index (χ3n) is 3.92. The van der Waals surface area contributed by atoms with Crippen LogP contribution in [0, 0.1) is 11.8 Å². The maximum Gasteiger partial charge on any atom is 0.392 e. The van der Waals surface area contributed by atoms with Gasteiger partial charge in [0.2, 0.25) is 10.0 Å². The van der Waals surface area contributed by atoms with Crippen molar-refractivity contribution < 1.29 is 34.7 Å². The van der Waals surface area contributed by atoms with Gasteiger partial charge in [-0.1, -0.05) is 11.6 Å². The van der Waals surface area contributed by atoms with Gasteiger partial charge in [-0.15, -0.1) is 4.13 Å². The van der Waals surface area contributed by atoms with Crippen LogP contribution in [0.4, 0.5) is 13.2 Å². The highest BCUT2D eigenvalue weighted by atomic mass is 35.5. The predicted molar refractivity (Wildman–Crippen MR) is 84.4 cm³/mol. The second kappa shape index (κ2) is 6.93. The van der Waals surface area contributed by atoms with Gasteiger partial charge in [0, 0.05) is 5.02 Å². The molecule has 142 valence electrons. The van der Waals surface area contributed by atoms with Crippen molar-refractivity contribution in [3.8, 4) is 5.75 Å². The summed E-state index contributed by atoms with van der Waals surface area (Å²) >= 11 is 5.71. The molecule has 12 heteroatoms. The summed E-state index contributed by atoms with van der Waals surface area (Å²) in [6.45, 7) is 0. The number of alkyl halides is 3. The molecule has 0 saturated heterocycles. The number of methoxy groups -OCH3 is 1. The Bertz CT molecular complexity index is 855. The van der Waals surface area contributed by atoms with Crippen molar-refractivity contribution in [3.63, 3.8) is 0 Å². The molecular weight excluding hydrogens is 407 g/mol. The fraction of sp³-hybridized carbons (Fsp3) is 0.538. The van der Waals surface area contributed by atoms with Gasteiger partial charge in [-0.2, -0.15) is 13.2 Å². The molecule has 0 aromatic heterocycles. The number of benzene rings is 1. The number of sulfonamides is 2. The van der Waals surface area contributed by atoms with Crippen LogP contribution in [0.15, 0.2) is 23.1 Å². The highest BCUT2D eigenvalue weighted by Crippen LogP contribution is 2.46. The summed E-state index contributed by atoms with van der Waals surface area (Å²) in [7, 11) is -7.93. The average Bonchev–Trinajstić information content (AvgIpc) is 2.41. The van der Waals surface area contributed by atoms with Crippen molar-refractivity contribution in [2.75, 3.05) is 12.9 Å². The quantitative estimate of drug-likeness (QED) is 0.762. The predicted octanol–water partition coefficient (Wildman–Crippen LogP) is 2.55. The van der Waals surface area contributed by atoms with Crippen LogP contribution in [-0.2, 0) is 20.0 Å². The molecule has 0 spiro atoms. The fourth-order valence-corrected chi connectivity index (χ4v) is 6.45. The van der Waals surface area contributed by atoms with Crippen molar-refractivity contribution in [2.45, 2.75) is 23.9 Å². The van der Waals surface area contributed by atoms with Gasteiger partial charge in [-0.3, -0.25) is 0 Å². The molecule has 1 N–H and O–H groups in total. The average molecular weight is 422 g/mol. The number of hydrogen-bond donors (Lipinski definition) is 1. The lowest BCUT2D eigenvalue weighted by molar-refractivity contribution is -0.209. The van der Waals surface area contributed by atoms with Crippen LogP contribution < -0.4 is 8.86 Å². The maximum absolute atomic E-state index is 12.7. The topological polar surface area (TPSA) is 89.5 Å². The molecular formula is C13H15ClF3NO5S2. The van der Waals surface area contributed by atoms with E-state index < -0.39 is 48.7 Å². The van der Waals surface area contributed by atoms with Crippen LogP contribution in [-0.4, -0.2) is 35.9 Å². The van der Waals surface area contributed by atoms with Gasteiger partial charge in [-0.05, 0) is 37.0 Å². The van der Waals surface area contributed by atoms with Gasteiger partial charge in [0.25, 0.3) is 10.0 Å². The SMILES string of the molecule is COc1ccc(Cl)cc1S(=O)(=O)NS(=O)(=O)C[C@@H]1CC[C@H]1C(F)(F)F. The van der Waals surface area contributed by atoms with Gasteiger partial charge in [0.15, 0.2) is 0 Å². The van der Waals surface area contributed by atoms with E-state index in [0.717, 1.165) is 6.07 Å². The molecule has 1 aliphatic rings. The zero-order chi connectivity index (χ0) is 19.0. The second-order valence-corrected chi connectivity index (χ2v) is 9.76. The number of halogens is 4. The Balaban J connectivity index is 2.21. The monoisotopic (exact) mass is 421 g/mol. The summed E-state index contributed by atoms with van der Waals surface area (Å²) in [5, 5.41) is 0.0229. The number of hydrogen-bond acceptors (Lipinski definition) is 5.